The minimum Gasteiger partial charge on any atom is -0.494 e. The van der Waals surface area contributed by atoms with E-state index >= 15 is 0 Å². The number of nitrogens with zero attached hydrogens (tertiary/aromatic N) is 1. The van der Waals surface area contributed by atoms with Gasteiger partial charge in [0.05, 0.1) is 18.9 Å². The minimum atomic E-state index is -1.07. The summed E-state index contributed by atoms with van der Waals surface area (Å²) in [6, 6.07) is 5.78. The van der Waals surface area contributed by atoms with Crippen LogP contribution in [0.25, 0.3) is 0 Å². The average Bonchev–Trinajstić information content (AvgIpc) is 2.28. The Balaban J connectivity index is 3.13. The maximum atomic E-state index is 12.0. The van der Waals surface area contributed by atoms with E-state index in [1.807, 2.05) is 32.0 Å². The Morgan fingerprint density at radius 2 is 2.00 bits per heavy atom. The Kier molecular flexibility index (Phi) is 3.97. The van der Waals surface area contributed by atoms with Crippen LogP contribution in [0.2, 0.25) is 0 Å². The first-order valence-corrected chi connectivity index (χ1v) is 5.69. The topological polar surface area (TPSA) is 62.1 Å². The predicted octanol–water partition coefficient (Wildman–Crippen LogP) is 2.80. The molecule has 1 aromatic carbocycles. The van der Waals surface area contributed by atoms with Gasteiger partial charge in [-0.25, -0.2) is 0 Å². The van der Waals surface area contributed by atoms with Gasteiger partial charge < -0.3 is 10.1 Å². The molecular weight excluding hydrogens is 228 g/mol. The van der Waals surface area contributed by atoms with Crippen LogP contribution in [0.4, 0.5) is 5.69 Å². The molecule has 0 unspecified atom stereocenters. The first kappa shape index (κ1) is 14.0. The van der Waals surface area contributed by atoms with Gasteiger partial charge in [0.2, 0.25) is 5.91 Å². The van der Waals surface area contributed by atoms with E-state index in [1.165, 1.54) is 0 Å². The predicted molar refractivity (Wildman–Crippen MR) is 70.5 cm³/mol. The molecular formula is C14H18N2O2. The van der Waals surface area contributed by atoms with Crippen molar-refractivity contribution in [3.63, 3.8) is 0 Å². The molecule has 4 nitrogen and oxygen atoms in total. The number of nitriles is 1. The quantitative estimate of drug-likeness (QED) is 0.892. The van der Waals surface area contributed by atoms with E-state index in [0.29, 0.717) is 11.4 Å². The van der Waals surface area contributed by atoms with Gasteiger partial charge in [-0.2, -0.15) is 5.26 Å². The molecule has 0 bridgehead atoms. The zero-order valence-corrected chi connectivity index (χ0v) is 11.4. The van der Waals surface area contributed by atoms with E-state index in [4.69, 9.17) is 10.00 Å². The van der Waals surface area contributed by atoms with Crippen molar-refractivity contribution in [3.05, 3.63) is 23.3 Å². The van der Waals surface area contributed by atoms with E-state index in [2.05, 4.69) is 5.32 Å². The molecule has 0 aliphatic rings. The molecule has 0 spiro atoms. The maximum absolute atomic E-state index is 12.0. The number of nitrogens with one attached hydrogen (secondary N) is 1. The van der Waals surface area contributed by atoms with Gasteiger partial charge in [0.15, 0.2) is 0 Å². The second-order valence-corrected chi connectivity index (χ2v) is 4.85. The lowest BCUT2D eigenvalue weighted by Gasteiger charge is -2.18. The van der Waals surface area contributed by atoms with Gasteiger partial charge in [0.1, 0.15) is 11.2 Å². The van der Waals surface area contributed by atoms with E-state index in [0.717, 1.165) is 11.1 Å². The summed E-state index contributed by atoms with van der Waals surface area (Å²) >= 11 is 0. The SMILES string of the molecule is COc1c(C)cc(C)cc1NC(=O)C(C)(C)C#N. The Morgan fingerprint density at radius 1 is 1.39 bits per heavy atom. The monoisotopic (exact) mass is 246 g/mol. The van der Waals surface area contributed by atoms with Crippen LogP contribution in [-0.4, -0.2) is 13.0 Å². The molecule has 0 heterocycles. The van der Waals surface area contributed by atoms with Crippen molar-refractivity contribution in [3.8, 4) is 11.8 Å². The average molecular weight is 246 g/mol. The molecule has 4 heteroatoms. The smallest absolute Gasteiger partial charge is 0.244 e. The summed E-state index contributed by atoms with van der Waals surface area (Å²) in [6.45, 7) is 7.02. The van der Waals surface area contributed by atoms with Crippen LogP contribution in [0.3, 0.4) is 0 Å². The summed E-state index contributed by atoms with van der Waals surface area (Å²) < 4.78 is 5.28. The summed E-state index contributed by atoms with van der Waals surface area (Å²) in [5.74, 6) is 0.288. The second kappa shape index (κ2) is 5.09. The zero-order chi connectivity index (χ0) is 13.9. The van der Waals surface area contributed by atoms with Crippen LogP contribution in [-0.2, 0) is 4.79 Å². The molecule has 1 N–H and O–H groups in total. The van der Waals surface area contributed by atoms with E-state index in [1.54, 1.807) is 21.0 Å². The maximum Gasteiger partial charge on any atom is 0.244 e. The van der Waals surface area contributed by atoms with Gasteiger partial charge in [-0.15, -0.1) is 0 Å². The number of aryl methyl sites for hydroxylation is 2. The molecule has 0 atom stereocenters. The van der Waals surface area contributed by atoms with Crippen molar-refractivity contribution in [1.82, 2.24) is 0 Å². The Hall–Kier alpha value is -2.02. The van der Waals surface area contributed by atoms with Gasteiger partial charge in [0, 0.05) is 0 Å². The molecule has 96 valence electrons. The van der Waals surface area contributed by atoms with E-state index in [-0.39, 0.29) is 5.91 Å². The van der Waals surface area contributed by atoms with Gasteiger partial charge in [-0.3, -0.25) is 4.79 Å². The normalized spacial score (nSPS) is 10.7. The molecule has 18 heavy (non-hydrogen) atoms. The first-order valence-electron chi connectivity index (χ1n) is 5.69. The van der Waals surface area contributed by atoms with Crippen molar-refractivity contribution in [2.75, 3.05) is 12.4 Å². The third-order valence-corrected chi connectivity index (χ3v) is 2.72. The number of hydrogen-bond acceptors (Lipinski definition) is 3. The molecule has 0 saturated heterocycles. The van der Waals surface area contributed by atoms with Crippen LogP contribution >= 0.6 is 0 Å². The number of carbonyl (C=O) groups excluding carboxylic acids is 1. The summed E-state index contributed by atoms with van der Waals surface area (Å²) in [4.78, 5) is 12.0. The van der Waals surface area contributed by atoms with Gasteiger partial charge in [0.25, 0.3) is 0 Å². The van der Waals surface area contributed by atoms with Crippen LogP contribution in [0.15, 0.2) is 12.1 Å². The third kappa shape index (κ3) is 2.80. The molecule has 0 saturated carbocycles. The number of ether oxygens (including phenoxy) is 1. The summed E-state index contributed by atoms with van der Waals surface area (Å²) in [6.07, 6.45) is 0. The van der Waals surface area contributed by atoms with Gasteiger partial charge in [-0.05, 0) is 44.9 Å². The van der Waals surface area contributed by atoms with Crippen molar-refractivity contribution in [2.24, 2.45) is 5.41 Å². The van der Waals surface area contributed by atoms with Crippen molar-refractivity contribution >= 4 is 11.6 Å². The highest BCUT2D eigenvalue weighted by Gasteiger charge is 2.28. The molecule has 0 fully saturated rings. The third-order valence-electron chi connectivity index (χ3n) is 2.72. The minimum absolute atomic E-state index is 0.340. The second-order valence-electron chi connectivity index (χ2n) is 4.85. The Labute approximate surface area is 108 Å². The highest BCUT2D eigenvalue weighted by Crippen LogP contribution is 2.31. The first-order chi connectivity index (χ1) is 8.31. The van der Waals surface area contributed by atoms with Crippen LogP contribution in [0, 0.1) is 30.6 Å². The lowest BCUT2D eigenvalue weighted by molar-refractivity contribution is -0.121. The molecule has 1 rings (SSSR count). The number of benzene rings is 1. The molecule has 0 aliphatic heterocycles. The van der Waals surface area contributed by atoms with Gasteiger partial charge >= 0.3 is 0 Å². The fourth-order valence-corrected chi connectivity index (χ4v) is 1.65. The number of rotatable bonds is 3. The molecule has 0 aromatic heterocycles. The lowest BCUT2D eigenvalue weighted by atomic mass is 9.94. The van der Waals surface area contributed by atoms with Crippen molar-refractivity contribution < 1.29 is 9.53 Å². The van der Waals surface area contributed by atoms with Crippen LogP contribution in [0.1, 0.15) is 25.0 Å². The van der Waals surface area contributed by atoms with E-state index < -0.39 is 5.41 Å². The van der Waals surface area contributed by atoms with E-state index in [9.17, 15) is 4.79 Å². The highest BCUT2D eigenvalue weighted by molar-refractivity contribution is 5.98. The van der Waals surface area contributed by atoms with Crippen LogP contribution in [0.5, 0.6) is 5.75 Å². The zero-order valence-electron chi connectivity index (χ0n) is 11.4. The molecule has 1 aromatic rings. The molecule has 1 amide bonds. The summed E-state index contributed by atoms with van der Waals surface area (Å²) in [5.41, 5.74) is 1.51. The molecule has 0 radical (unpaired) electrons. The summed E-state index contributed by atoms with van der Waals surface area (Å²) in [7, 11) is 1.56. The van der Waals surface area contributed by atoms with Crippen LogP contribution < -0.4 is 10.1 Å². The van der Waals surface area contributed by atoms with Crippen molar-refractivity contribution in [1.29, 1.82) is 5.26 Å². The largest absolute Gasteiger partial charge is 0.494 e. The molecule has 0 aliphatic carbocycles. The highest BCUT2D eigenvalue weighted by atomic mass is 16.5. The van der Waals surface area contributed by atoms with Gasteiger partial charge in [-0.1, -0.05) is 6.07 Å². The summed E-state index contributed by atoms with van der Waals surface area (Å²) in [5, 5.41) is 11.7. The standard InChI is InChI=1S/C14H18N2O2/c1-9-6-10(2)12(18-5)11(7-9)16-13(17)14(3,4)8-15/h6-7H,1-5H3,(H,16,17). The fourth-order valence-electron chi connectivity index (χ4n) is 1.65. The number of methoxy groups -OCH3 is 1. The lowest BCUT2D eigenvalue weighted by Crippen LogP contribution is -2.29. The number of carbonyl (C=O) groups is 1. The fraction of sp³-hybridized carbons (Fsp3) is 0.429. The Bertz CT molecular complexity index is 513. The number of hydrogen-bond donors (Lipinski definition) is 1. The number of anilines is 1. The van der Waals surface area contributed by atoms with Crippen molar-refractivity contribution in [2.45, 2.75) is 27.7 Å². The Morgan fingerprint density at radius 3 is 2.50 bits per heavy atom. The number of amides is 1.